The van der Waals surface area contributed by atoms with Crippen LogP contribution in [0, 0.1) is 0 Å². The molecule has 110 valence electrons. The molecule has 0 aliphatic carbocycles. The van der Waals surface area contributed by atoms with E-state index in [9.17, 15) is 0 Å². The topological polar surface area (TPSA) is 44.5 Å². The minimum absolute atomic E-state index is 0.531. The predicted octanol–water partition coefficient (Wildman–Crippen LogP) is 3.71. The Labute approximate surface area is 130 Å². The predicted molar refractivity (Wildman–Crippen MR) is 88.7 cm³/mol. The van der Waals surface area contributed by atoms with E-state index in [1.165, 1.54) is 0 Å². The SMILES string of the molecule is NC(=S)CCCOc1ccc(OCc2ccccc2)cc1. The fourth-order valence-electron chi connectivity index (χ4n) is 1.81. The molecule has 4 heteroatoms. The first kappa shape index (κ1) is 15.3. The van der Waals surface area contributed by atoms with E-state index in [2.05, 4.69) is 0 Å². The average Bonchev–Trinajstić information content (AvgIpc) is 2.51. The molecule has 0 heterocycles. The third kappa shape index (κ3) is 5.83. The Hall–Kier alpha value is -2.07. The van der Waals surface area contributed by atoms with Crippen molar-refractivity contribution in [3.8, 4) is 11.5 Å². The largest absolute Gasteiger partial charge is 0.494 e. The van der Waals surface area contributed by atoms with Gasteiger partial charge in [0.2, 0.25) is 0 Å². The Morgan fingerprint density at radius 2 is 1.52 bits per heavy atom. The van der Waals surface area contributed by atoms with Gasteiger partial charge in [-0.2, -0.15) is 0 Å². The van der Waals surface area contributed by atoms with E-state index >= 15 is 0 Å². The van der Waals surface area contributed by atoms with Gasteiger partial charge in [0.25, 0.3) is 0 Å². The van der Waals surface area contributed by atoms with Gasteiger partial charge < -0.3 is 15.2 Å². The van der Waals surface area contributed by atoms with Gasteiger partial charge in [-0.25, -0.2) is 0 Å². The van der Waals surface area contributed by atoms with Gasteiger partial charge in [0, 0.05) is 6.42 Å². The molecular formula is C17H19NO2S. The van der Waals surface area contributed by atoms with Crippen LogP contribution in [0.4, 0.5) is 0 Å². The van der Waals surface area contributed by atoms with Crippen LogP contribution in [0.1, 0.15) is 18.4 Å². The van der Waals surface area contributed by atoms with Crippen molar-refractivity contribution in [2.75, 3.05) is 6.61 Å². The summed E-state index contributed by atoms with van der Waals surface area (Å²) in [7, 11) is 0. The molecule has 2 aromatic carbocycles. The molecule has 0 fully saturated rings. The van der Waals surface area contributed by atoms with Crippen LogP contribution in [0.3, 0.4) is 0 Å². The number of benzene rings is 2. The highest BCUT2D eigenvalue weighted by atomic mass is 32.1. The zero-order valence-electron chi connectivity index (χ0n) is 11.8. The molecule has 0 saturated carbocycles. The van der Waals surface area contributed by atoms with Crippen LogP contribution in [-0.2, 0) is 6.61 Å². The fraction of sp³-hybridized carbons (Fsp3) is 0.235. The first-order valence-corrected chi connectivity index (χ1v) is 7.33. The van der Waals surface area contributed by atoms with Crippen LogP contribution in [0.25, 0.3) is 0 Å². The maximum Gasteiger partial charge on any atom is 0.120 e. The lowest BCUT2D eigenvalue weighted by atomic mass is 10.2. The Balaban J connectivity index is 1.75. The van der Waals surface area contributed by atoms with Gasteiger partial charge in [0.1, 0.15) is 18.1 Å². The molecule has 3 nitrogen and oxygen atoms in total. The smallest absolute Gasteiger partial charge is 0.120 e. The van der Waals surface area contributed by atoms with Crippen LogP contribution in [-0.4, -0.2) is 11.6 Å². The van der Waals surface area contributed by atoms with Crippen molar-refractivity contribution >= 4 is 17.2 Å². The number of hydrogen-bond acceptors (Lipinski definition) is 3. The fourth-order valence-corrected chi connectivity index (χ4v) is 1.95. The van der Waals surface area contributed by atoms with Crippen molar-refractivity contribution in [2.24, 2.45) is 5.73 Å². The van der Waals surface area contributed by atoms with Crippen LogP contribution < -0.4 is 15.2 Å². The summed E-state index contributed by atoms with van der Waals surface area (Å²) in [6.45, 7) is 1.18. The highest BCUT2D eigenvalue weighted by Crippen LogP contribution is 2.19. The van der Waals surface area contributed by atoms with Crippen LogP contribution in [0.15, 0.2) is 54.6 Å². The number of rotatable bonds is 8. The molecule has 0 radical (unpaired) electrons. The Morgan fingerprint density at radius 1 is 0.905 bits per heavy atom. The van der Waals surface area contributed by atoms with E-state index in [1.807, 2.05) is 54.6 Å². The standard InChI is InChI=1S/C17H19NO2S/c18-17(21)7-4-12-19-15-8-10-16(11-9-15)20-13-14-5-2-1-3-6-14/h1-3,5-6,8-11H,4,7,12-13H2,(H2,18,21). The van der Waals surface area contributed by atoms with Crippen LogP contribution >= 0.6 is 12.2 Å². The molecule has 2 aromatic rings. The van der Waals surface area contributed by atoms with Gasteiger partial charge >= 0.3 is 0 Å². The van der Waals surface area contributed by atoms with E-state index in [0.717, 1.165) is 23.5 Å². The molecule has 0 spiro atoms. The van der Waals surface area contributed by atoms with Gasteiger partial charge in [-0.1, -0.05) is 42.5 Å². The van der Waals surface area contributed by atoms with Crippen LogP contribution in [0.2, 0.25) is 0 Å². The second-order valence-electron chi connectivity index (χ2n) is 4.66. The second-order valence-corrected chi connectivity index (χ2v) is 5.19. The Bertz CT molecular complexity index is 555. The summed E-state index contributed by atoms with van der Waals surface area (Å²) in [5.74, 6) is 1.65. The maximum atomic E-state index is 5.71. The summed E-state index contributed by atoms with van der Waals surface area (Å²) in [5.41, 5.74) is 6.58. The molecule has 0 aliphatic rings. The van der Waals surface area contributed by atoms with Crippen molar-refractivity contribution in [1.82, 2.24) is 0 Å². The minimum Gasteiger partial charge on any atom is -0.494 e. The molecule has 2 N–H and O–H groups in total. The first-order chi connectivity index (χ1) is 10.2. The lowest BCUT2D eigenvalue weighted by Gasteiger charge is -2.08. The summed E-state index contributed by atoms with van der Waals surface area (Å²) < 4.78 is 11.3. The van der Waals surface area contributed by atoms with E-state index in [-0.39, 0.29) is 0 Å². The summed E-state index contributed by atoms with van der Waals surface area (Å²) in [5, 5.41) is 0. The second kappa shape index (κ2) is 8.27. The highest BCUT2D eigenvalue weighted by Gasteiger charge is 1.98. The van der Waals surface area contributed by atoms with Crippen molar-refractivity contribution in [2.45, 2.75) is 19.4 Å². The molecule has 0 aromatic heterocycles. The zero-order chi connectivity index (χ0) is 14.9. The lowest BCUT2D eigenvalue weighted by Crippen LogP contribution is -2.09. The van der Waals surface area contributed by atoms with Gasteiger partial charge in [-0.3, -0.25) is 0 Å². The zero-order valence-corrected chi connectivity index (χ0v) is 12.6. The molecule has 0 unspecified atom stereocenters. The first-order valence-electron chi connectivity index (χ1n) is 6.92. The summed E-state index contributed by atoms with van der Waals surface area (Å²) >= 11 is 4.82. The lowest BCUT2D eigenvalue weighted by molar-refractivity contribution is 0.300. The molecular weight excluding hydrogens is 282 g/mol. The van der Waals surface area contributed by atoms with Crippen molar-refractivity contribution in [1.29, 1.82) is 0 Å². The third-order valence-electron chi connectivity index (χ3n) is 2.91. The van der Waals surface area contributed by atoms with E-state index in [0.29, 0.717) is 24.6 Å². The molecule has 0 saturated heterocycles. The molecule has 0 aliphatic heterocycles. The Kier molecular flexibility index (Phi) is 6.03. The van der Waals surface area contributed by atoms with Gasteiger partial charge in [-0.05, 0) is 36.2 Å². The number of ether oxygens (including phenoxy) is 2. The van der Waals surface area contributed by atoms with Crippen molar-refractivity contribution in [3.05, 3.63) is 60.2 Å². The van der Waals surface area contributed by atoms with Gasteiger partial charge in [-0.15, -0.1) is 0 Å². The minimum atomic E-state index is 0.531. The maximum absolute atomic E-state index is 5.71. The quantitative estimate of drug-likeness (QED) is 0.596. The number of hydrogen-bond donors (Lipinski definition) is 1. The summed E-state index contributed by atoms with van der Waals surface area (Å²) in [6, 6.07) is 17.7. The van der Waals surface area contributed by atoms with E-state index in [1.54, 1.807) is 0 Å². The number of thiocarbonyl (C=S) groups is 1. The Morgan fingerprint density at radius 3 is 2.14 bits per heavy atom. The monoisotopic (exact) mass is 301 g/mol. The van der Waals surface area contributed by atoms with E-state index in [4.69, 9.17) is 27.4 Å². The van der Waals surface area contributed by atoms with Crippen LogP contribution in [0.5, 0.6) is 11.5 Å². The average molecular weight is 301 g/mol. The number of nitrogens with two attached hydrogens (primary N) is 1. The molecule has 21 heavy (non-hydrogen) atoms. The highest BCUT2D eigenvalue weighted by molar-refractivity contribution is 7.80. The molecule has 2 rings (SSSR count). The van der Waals surface area contributed by atoms with Crippen molar-refractivity contribution < 1.29 is 9.47 Å². The summed E-state index contributed by atoms with van der Waals surface area (Å²) in [6.07, 6.45) is 1.55. The normalized spacial score (nSPS) is 10.1. The van der Waals surface area contributed by atoms with Crippen molar-refractivity contribution in [3.63, 3.8) is 0 Å². The molecule has 0 atom stereocenters. The summed E-state index contributed by atoms with van der Waals surface area (Å²) in [4.78, 5) is 0.531. The molecule has 0 bridgehead atoms. The van der Waals surface area contributed by atoms with Gasteiger partial charge in [0.05, 0.1) is 11.6 Å². The van der Waals surface area contributed by atoms with Gasteiger partial charge in [0.15, 0.2) is 0 Å². The van der Waals surface area contributed by atoms with E-state index < -0.39 is 0 Å². The molecule has 0 amide bonds. The third-order valence-corrected chi connectivity index (χ3v) is 3.11.